The van der Waals surface area contributed by atoms with E-state index in [1.54, 1.807) is 0 Å². The van der Waals surface area contributed by atoms with E-state index in [0.29, 0.717) is 23.4 Å². The second-order valence-electron chi connectivity index (χ2n) is 13.0. The fraction of sp³-hybridized carbons (Fsp3) is 0. The topological polar surface area (TPSA) is 82.8 Å². The molecule has 7 heteroatoms. The first-order chi connectivity index (χ1) is 26.3. The van der Waals surface area contributed by atoms with Crippen LogP contribution in [0.25, 0.3) is 106 Å². The Kier molecular flexibility index (Phi) is 6.42. The number of fused-ring (bicyclic) bond motifs is 7. The highest BCUT2D eigenvalue weighted by molar-refractivity contribution is 6.17. The highest BCUT2D eigenvalue weighted by Gasteiger charge is 2.22. The molecule has 7 nitrogen and oxygen atoms in total. The minimum absolute atomic E-state index is 0.526. The van der Waals surface area contributed by atoms with E-state index in [4.69, 9.17) is 28.8 Å². The standard InChI is InChI=1S/C46H27N5O2/c1-3-13-28(14-4-1)43-48-44(29-25-26-32-31-17-7-9-21-36(31)51(37(32)27-29)30-15-5-2-6-16-30)50-45(49-43)33-18-11-23-39-41(33)42-34(19-12-24-40(42)52-39)46-47-35-20-8-10-22-38(35)53-46/h1-27H. The first-order valence-corrected chi connectivity index (χ1v) is 17.5. The van der Waals surface area contributed by atoms with Crippen molar-refractivity contribution in [2.75, 3.05) is 0 Å². The monoisotopic (exact) mass is 681 g/mol. The first-order valence-electron chi connectivity index (χ1n) is 17.5. The fourth-order valence-corrected chi connectivity index (χ4v) is 7.53. The van der Waals surface area contributed by atoms with Crippen molar-refractivity contribution in [1.82, 2.24) is 24.5 Å². The van der Waals surface area contributed by atoms with E-state index < -0.39 is 0 Å². The summed E-state index contributed by atoms with van der Waals surface area (Å²) in [5.74, 6) is 2.22. The Bertz CT molecular complexity index is 3150. The Balaban J connectivity index is 1.17. The predicted octanol–water partition coefficient (Wildman–Crippen LogP) is 11.7. The molecule has 0 radical (unpaired) electrons. The van der Waals surface area contributed by atoms with E-state index in [-0.39, 0.29) is 0 Å². The van der Waals surface area contributed by atoms with Gasteiger partial charge in [-0.25, -0.2) is 19.9 Å². The molecule has 0 aliphatic rings. The van der Waals surface area contributed by atoms with Crippen LogP contribution in [-0.4, -0.2) is 24.5 Å². The van der Waals surface area contributed by atoms with Gasteiger partial charge in [0.2, 0.25) is 5.89 Å². The Morgan fingerprint density at radius 1 is 0.396 bits per heavy atom. The van der Waals surface area contributed by atoms with Crippen molar-refractivity contribution in [3.05, 3.63) is 164 Å². The van der Waals surface area contributed by atoms with Crippen LogP contribution in [0.2, 0.25) is 0 Å². The van der Waals surface area contributed by atoms with Gasteiger partial charge in [-0.3, -0.25) is 0 Å². The van der Waals surface area contributed by atoms with Gasteiger partial charge in [0.15, 0.2) is 23.1 Å². The van der Waals surface area contributed by atoms with Crippen LogP contribution in [0.15, 0.2) is 173 Å². The van der Waals surface area contributed by atoms with Crippen molar-refractivity contribution in [3.8, 4) is 51.3 Å². The van der Waals surface area contributed by atoms with Crippen LogP contribution in [-0.2, 0) is 0 Å². The normalized spacial score (nSPS) is 11.8. The second-order valence-corrected chi connectivity index (χ2v) is 13.0. The maximum Gasteiger partial charge on any atom is 0.228 e. The molecule has 0 unspecified atom stereocenters. The van der Waals surface area contributed by atoms with Crippen LogP contribution >= 0.6 is 0 Å². The second kappa shape index (κ2) is 11.6. The molecule has 248 valence electrons. The number of furan rings is 1. The van der Waals surface area contributed by atoms with Gasteiger partial charge < -0.3 is 13.4 Å². The minimum Gasteiger partial charge on any atom is -0.456 e. The Morgan fingerprint density at radius 2 is 1.02 bits per heavy atom. The number of benzene rings is 7. The van der Waals surface area contributed by atoms with Crippen molar-refractivity contribution in [1.29, 1.82) is 0 Å². The van der Waals surface area contributed by atoms with E-state index in [0.717, 1.165) is 77.4 Å². The van der Waals surface area contributed by atoms with E-state index in [1.807, 2.05) is 97.1 Å². The molecule has 4 heterocycles. The lowest BCUT2D eigenvalue weighted by atomic mass is 10.0. The molecule has 4 aromatic heterocycles. The molecule has 7 aromatic carbocycles. The van der Waals surface area contributed by atoms with Gasteiger partial charge in [-0.15, -0.1) is 0 Å². The molecule has 0 N–H and O–H groups in total. The molecule has 0 saturated heterocycles. The van der Waals surface area contributed by atoms with Crippen LogP contribution in [0.3, 0.4) is 0 Å². The van der Waals surface area contributed by atoms with Gasteiger partial charge in [0.05, 0.1) is 11.0 Å². The molecule has 0 saturated carbocycles. The summed E-state index contributed by atoms with van der Waals surface area (Å²) in [5, 5.41) is 4.12. The number of oxazole rings is 1. The van der Waals surface area contributed by atoms with Gasteiger partial charge in [-0.2, -0.15) is 0 Å². The quantitative estimate of drug-likeness (QED) is 0.180. The molecule has 11 rings (SSSR count). The molecular formula is C46H27N5O2. The Labute approximate surface area is 302 Å². The third-order valence-electron chi connectivity index (χ3n) is 9.90. The van der Waals surface area contributed by atoms with E-state index >= 15 is 0 Å². The van der Waals surface area contributed by atoms with Gasteiger partial charge in [-0.05, 0) is 54.6 Å². The van der Waals surface area contributed by atoms with Crippen LogP contribution in [0.1, 0.15) is 0 Å². The van der Waals surface area contributed by atoms with Gasteiger partial charge in [0.1, 0.15) is 16.7 Å². The van der Waals surface area contributed by atoms with Crippen LogP contribution in [0, 0.1) is 0 Å². The zero-order valence-corrected chi connectivity index (χ0v) is 28.1. The zero-order chi connectivity index (χ0) is 34.9. The first kappa shape index (κ1) is 29.4. The summed E-state index contributed by atoms with van der Waals surface area (Å²) in [7, 11) is 0. The molecule has 0 bridgehead atoms. The predicted molar refractivity (Wildman–Crippen MR) is 211 cm³/mol. The average Bonchev–Trinajstić information content (AvgIpc) is 3.93. The Morgan fingerprint density at radius 3 is 1.83 bits per heavy atom. The molecule has 0 atom stereocenters. The number of para-hydroxylation sites is 4. The van der Waals surface area contributed by atoms with Crippen LogP contribution < -0.4 is 0 Å². The van der Waals surface area contributed by atoms with Gasteiger partial charge >= 0.3 is 0 Å². The maximum absolute atomic E-state index is 6.47. The summed E-state index contributed by atoms with van der Waals surface area (Å²) in [4.78, 5) is 20.3. The SMILES string of the molecule is c1ccc(-c2nc(-c3ccc4c5ccccc5n(-c5ccccc5)c4c3)nc(-c3cccc4oc5cccc(-c6nc7ccccc7o6)c5c34)n2)cc1. The lowest BCUT2D eigenvalue weighted by molar-refractivity contribution is 0.620. The minimum atomic E-state index is 0.526. The van der Waals surface area contributed by atoms with Crippen molar-refractivity contribution >= 4 is 54.8 Å². The third-order valence-corrected chi connectivity index (χ3v) is 9.90. The number of hydrogen-bond donors (Lipinski definition) is 0. The highest BCUT2D eigenvalue weighted by Crippen LogP contribution is 2.42. The number of aromatic nitrogens is 5. The van der Waals surface area contributed by atoms with Crippen molar-refractivity contribution < 1.29 is 8.83 Å². The van der Waals surface area contributed by atoms with Gasteiger partial charge in [-0.1, -0.05) is 109 Å². The molecule has 53 heavy (non-hydrogen) atoms. The highest BCUT2D eigenvalue weighted by atomic mass is 16.3. The smallest absolute Gasteiger partial charge is 0.228 e. The summed E-state index contributed by atoms with van der Waals surface area (Å²) in [6.45, 7) is 0. The maximum atomic E-state index is 6.47. The molecule has 0 fully saturated rings. The van der Waals surface area contributed by atoms with Gasteiger partial charge in [0.25, 0.3) is 0 Å². The molecule has 0 spiro atoms. The summed E-state index contributed by atoms with van der Waals surface area (Å²) in [6, 6.07) is 55.3. The largest absolute Gasteiger partial charge is 0.456 e. The Hall–Kier alpha value is -7.38. The number of nitrogens with zero attached hydrogens (tertiary/aromatic N) is 5. The molecule has 0 amide bonds. The average molecular weight is 682 g/mol. The van der Waals surface area contributed by atoms with Crippen molar-refractivity contribution in [2.24, 2.45) is 0 Å². The number of rotatable bonds is 5. The van der Waals surface area contributed by atoms with E-state index in [1.165, 1.54) is 5.39 Å². The molecule has 0 aliphatic carbocycles. The van der Waals surface area contributed by atoms with Crippen LogP contribution in [0.5, 0.6) is 0 Å². The summed E-state index contributed by atoms with van der Waals surface area (Å²) >= 11 is 0. The third kappa shape index (κ3) is 4.68. The lowest BCUT2D eigenvalue weighted by Gasteiger charge is -2.11. The summed E-state index contributed by atoms with van der Waals surface area (Å²) < 4.78 is 15.1. The number of hydrogen-bond acceptors (Lipinski definition) is 6. The molecule has 11 aromatic rings. The summed E-state index contributed by atoms with van der Waals surface area (Å²) in [6.07, 6.45) is 0. The van der Waals surface area contributed by atoms with Gasteiger partial charge in [0, 0.05) is 49.5 Å². The van der Waals surface area contributed by atoms with E-state index in [2.05, 4.69) is 71.3 Å². The summed E-state index contributed by atoms with van der Waals surface area (Å²) in [5.41, 5.74) is 9.71. The lowest BCUT2D eigenvalue weighted by Crippen LogP contribution is -2.01. The van der Waals surface area contributed by atoms with Crippen LogP contribution in [0.4, 0.5) is 0 Å². The zero-order valence-electron chi connectivity index (χ0n) is 28.1. The molecule has 0 aliphatic heterocycles. The van der Waals surface area contributed by atoms with Crippen molar-refractivity contribution in [2.45, 2.75) is 0 Å². The van der Waals surface area contributed by atoms with E-state index in [9.17, 15) is 0 Å². The fourth-order valence-electron chi connectivity index (χ4n) is 7.53. The van der Waals surface area contributed by atoms with Crippen molar-refractivity contribution in [3.63, 3.8) is 0 Å². The molecular weight excluding hydrogens is 655 g/mol.